The van der Waals surface area contributed by atoms with E-state index < -0.39 is 0 Å². The molecule has 0 radical (unpaired) electrons. The zero-order valence-corrected chi connectivity index (χ0v) is 14.2. The summed E-state index contributed by atoms with van der Waals surface area (Å²) in [5, 5.41) is 3.06. The second kappa shape index (κ2) is 9.04. The SMILES string of the molecule is CCCOC1(CNC(=O)CC(N)c2ccccc2)CCCCC1. The van der Waals surface area contributed by atoms with Gasteiger partial charge >= 0.3 is 0 Å². The topological polar surface area (TPSA) is 64.3 Å². The van der Waals surface area contributed by atoms with Crippen LogP contribution in [0.15, 0.2) is 30.3 Å². The summed E-state index contributed by atoms with van der Waals surface area (Å²) in [4.78, 5) is 12.2. The summed E-state index contributed by atoms with van der Waals surface area (Å²) in [5.74, 6) is 0.00593. The number of nitrogens with one attached hydrogen (secondary N) is 1. The highest BCUT2D eigenvalue weighted by Gasteiger charge is 2.33. The van der Waals surface area contributed by atoms with Crippen LogP contribution in [0, 0.1) is 0 Å². The van der Waals surface area contributed by atoms with Crippen molar-refractivity contribution in [3.8, 4) is 0 Å². The third kappa shape index (κ3) is 5.63. The summed E-state index contributed by atoms with van der Waals surface area (Å²) in [6, 6.07) is 9.52. The molecule has 1 unspecified atom stereocenters. The minimum Gasteiger partial charge on any atom is -0.373 e. The van der Waals surface area contributed by atoms with E-state index in [9.17, 15) is 4.79 Å². The molecule has 1 fully saturated rings. The van der Waals surface area contributed by atoms with Crippen LogP contribution in [0.2, 0.25) is 0 Å². The lowest BCUT2D eigenvalue weighted by atomic mass is 9.84. The van der Waals surface area contributed by atoms with Gasteiger partial charge in [0.1, 0.15) is 0 Å². The minimum atomic E-state index is -0.255. The molecule has 0 bridgehead atoms. The Kier molecular flexibility index (Phi) is 7.06. The first-order valence-electron chi connectivity index (χ1n) is 8.86. The van der Waals surface area contributed by atoms with Crippen LogP contribution in [0.4, 0.5) is 0 Å². The van der Waals surface area contributed by atoms with E-state index in [1.54, 1.807) is 0 Å². The lowest BCUT2D eigenvalue weighted by molar-refractivity contribution is -0.124. The van der Waals surface area contributed by atoms with Crippen LogP contribution in [-0.2, 0) is 9.53 Å². The van der Waals surface area contributed by atoms with Gasteiger partial charge in [0.05, 0.1) is 5.60 Å². The quantitative estimate of drug-likeness (QED) is 0.773. The average Bonchev–Trinajstić information content (AvgIpc) is 2.60. The zero-order valence-electron chi connectivity index (χ0n) is 14.2. The van der Waals surface area contributed by atoms with Gasteiger partial charge in [0.2, 0.25) is 5.91 Å². The number of carbonyl (C=O) groups excluding carboxylic acids is 1. The smallest absolute Gasteiger partial charge is 0.222 e. The molecule has 0 saturated heterocycles. The first-order valence-corrected chi connectivity index (χ1v) is 8.86. The fourth-order valence-electron chi connectivity index (χ4n) is 3.24. The first kappa shape index (κ1) is 18.0. The van der Waals surface area contributed by atoms with E-state index in [1.807, 2.05) is 30.3 Å². The maximum atomic E-state index is 12.2. The van der Waals surface area contributed by atoms with E-state index in [0.29, 0.717) is 13.0 Å². The van der Waals surface area contributed by atoms with E-state index in [2.05, 4.69) is 12.2 Å². The van der Waals surface area contributed by atoms with E-state index >= 15 is 0 Å². The van der Waals surface area contributed by atoms with E-state index in [0.717, 1.165) is 31.4 Å². The summed E-state index contributed by atoms with van der Waals surface area (Å²) >= 11 is 0. The monoisotopic (exact) mass is 318 g/mol. The summed E-state index contributed by atoms with van der Waals surface area (Å²) in [6.45, 7) is 3.49. The molecule has 1 saturated carbocycles. The van der Waals surface area contributed by atoms with Crippen molar-refractivity contribution in [1.29, 1.82) is 0 Å². The molecule has 0 aromatic heterocycles. The second-order valence-corrected chi connectivity index (χ2v) is 6.59. The van der Waals surface area contributed by atoms with Gasteiger partial charge in [0.15, 0.2) is 0 Å². The van der Waals surface area contributed by atoms with Gasteiger partial charge in [-0.1, -0.05) is 56.5 Å². The Morgan fingerprint density at radius 2 is 1.96 bits per heavy atom. The Morgan fingerprint density at radius 3 is 2.61 bits per heavy atom. The number of hydrogen-bond donors (Lipinski definition) is 2. The molecule has 1 aromatic rings. The number of ether oxygens (including phenoxy) is 1. The van der Waals surface area contributed by atoms with Crippen LogP contribution in [0.5, 0.6) is 0 Å². The third-order valence-corrected chi connectivity index (χ3v) is 4.62. The van der Waals surface area contributed by atoms with Crippen molar-refractivity contribution in [2.45, 2.75) is 63.5 Å². The predicted molar refractivity (Wildman–Crippen MR) is 93.1 cm³/mol. The van der Waals surface area contributed by atoms with Gasteiger partial charge in [-0.05, 0) is 24.8 Å². The molecule has 0 aliphatic heterocycles. The van der Waals surface area contributed by atoms with E-state index in [4.69, 9.17) is 10.5 Å². The molecule has 23 heavy (non-hydrogen) atoms. The highest BCUT2D eigenvalue weighted by Crippen LogP contribution is 2.31. The van der Waals surface area contributed by atoms with Gasteiger partial charge in [0.25, 0.3) is 0 Å². The predicted octanol–water partition coefficient (Wildman–Crippen LogP) is 3.32. The van der Waals surface area contributed by atoms with Crippen LogP contribution >= 0.6 is 0 Å². The van der Waals surface area contributed by atoms with Crippen LogP contribution < -0.4 is 11.1 Å². The number of nitrogens with two attached hydrogens (primary N) is 1. The van der Waals surface area contributed by atoms with Crippen molar-refractivity contribution < 1.29 is 9.53 Å². The molecule has 1 amide bonds. The lowest BCUT2D eigenvalue weighted by Crippen LogP contribution is -2.47. The van der Waals surface area contributed by atoms with E-state index in [-0.39, 0.29) is 17.6 Å². The minimum absolute atomic E-state index is 0.00593. The van der Waals surface area contributed by atoms with Crippen molar-refractivity contribution in [2.75, 3.05) is 13.2 Å². The van der Waals surface area contributed by atoms with Gasteiger partial charge in [-0.15, -0.1) is 0 Å². The third-order valence-electron chi connectivity index (χ3n) is 4.62. The molecule has 0 spiro atoms. The van der Waals surface area contributed by atoms with Gasteiger partial charge < -0.3 is 15.8 Å². The summed E-state index contributed by atoms with van der Waals surface area (Å²) < 4.78 is 6.11. The highest BCUT2D eigenvalue weighted by atomic mass is 16.5. The fraction of sp³-hybridized carbons (Fsp3) is 0.632. The number of hydrogen-bond acceptors (Lipinski definition) is 3. The fourth-order valence-corrected chi connectivity index (χ4v) is 3.24. The molecule has 1 aliphatic carbocycles. The summed E-state index contributed by atoms with van der Waals surface area (Å²) in [7, 11) is 0. The van der Waals surface area contributed by atoms with Gasteiger partial charge in [-0.2, -0.15) is 0 Å². The Labute approximate surface area is 139 Å². The van der Waals surface area contributed by atoms with Gasteiger partial charge in [-0.3, -0.25) is 4.79 Å². The zero-order chi connectivity index (χ0) is 16.5. The Balaban J connectivity index is 1.83. The molecule has 2 rings (SSSR count). The Bertz CT molecular complexity index is 470. The van der Waals surface area contributed by atoms with Crippen molar-refractivity contribution in [3.05, 3.63) is 35.9 Å². The van der Waals surface area contributed by atoms with Crippen molar-refractivity contribution in [2.24, 2.45) is 5.73 Å². The van der Waals surface area contributed by atoms with Crippen LogP contribution in [0.25, 0.3) is 0 Å². The molecule has 0 heterocycles. The molecule has 1 atom stereocenters. The van der Waals surface area contributed by atoms with Crippen molar-refractivity contribution in [1.82, 2.24) is 5.32 Å². The molecular weight excluding hydrogens is 288 g/mol. The van der Waals surface area contributed by atoms with Crippen molar-refractivity contribution in [3.63, 3.8) is 0 Å². The molecular formula is C19H30N2O2. The molecule has 4 nitrogen and oxygen atoms in total. The Hall–Kier alpha value is -1.39. The Morgan fingerprint density at radius 1 is 1.26 bits per heavy atom. The normalized spacial score (nSPS) is 18.3. The second-order valence-electron chi connectivity index (χ2n) is 6.59. The molecule has 3 N–H and O–H groups in total. The summed E-state index contributed by atoms with van der Waals surface area (Å²) in [5.41, 5.74) is 6.96. The lowest BCUT2D eigenvalue weighted by Gasteiger charge is -2.37. The standard InChI is InChI=1S/C19H30N2O2/c1-2-13-23-19(11-7-4-8-12-19)15-21-18(22)14-17(20)16-9-5-3-6-10-16/h3,5-6,9-10,17H,2,4,7-8,11-15,20H2,1H3,(H,21,22). The van der Waals surface area contributed by atoms with Crippen LogP contribution in [0.1, 0.15) is 63.5 Å². The number of benzene rings is 1. The highest BCUT2D eigenvalue weighted by molar-refractivity contribution is 5.76. The maximum Gasteiger partial charge on any atom is 0.222 e. The molecule has 1 aromatic carbocycles. The first-order chi connectivity index (χ1) is 11.2. The largest absolute Gasteiger partial charge is 0.373 e. The number of carbonyl (C=O) groups is 1. The van der Waals surface area contributed by atoms with Gasteiger partial charge in [0, 0.05) is 25.6 Å². The maximum absolute atomic E-state index is 12.2. The average molecular weight is 318 g/mol. The van der Waals surface area contributed by atoms with Crippen molar-refractivity contribution >= 4 is 5.91 Å². The van der Waals surface area contributed by atoms with Crippen LogP contribution in [0.3, 0.4) is 0 Å². The molecule has 128 valence electrons. The van der Waals surface area contributed by atoms with Crippen LogP contribution in [-0.4, -0.2) is 24.7 Å². The molecule has 4 heteroatoms. The summed E-state index contributed by atoms with van der Waals surface area (Å²) in [6.07, 6.45) is 7.04. The number of amides is 1. The van der Waals surface area contributed by atoms with E-state index in [1.165, 1.54) is 19.3 Å². The van der Waals surface area contributed by atoms with Gasteiger partial charge in [-0.25, -0.2) is 0 Å². The molecule has 1 aliphatic rings. The number of rotatable bonds is 8.